The molecule has 0 N–H and O–H groups in total. The van der Waals surface area contributed by atoms with E-state index in [2.05, 4.69) is 64.9 Å². The first kappa shape index (κ1) is 13.2. The van der Waals surface area contributed by atoms with Gasteiger partial charge in [-0.2, -0.15) is 0 Å². The number of aryl methyl sites for hydroxylation is 3. The highest BCUT2D eigenvalue weighted by atomic mass is 79.9. The van der Waals surface area contributed by atoms with Crippen molar-refractivity contribution >= 4 is 15.9 Å². The standard InChI is InChI=1S/C15H17BrN2/c1-4-5-15-17-13(9-14(16)18-15)12-7-6-10(2)11(3)8-12/h6-9H,4-5H2,1-3H3. The Labute approximate surface area is 117 Å². The van der Waals surface area contributed by atoms with Crippen molar-refractivity contribution in [2.75, 3.05) is 0 Å². The third-order valence-electron chi connectivity index (χ3n) is 3.02. The Morgan fingerprint density at radius 3 is 2.50 bits per heavy atom. The highest BCUT2D eigenvalue weighted by Gasteiger charge is 2.06. The number of aromatic nitrogens is 2. The van der Waals surface area contributed by atoms with Gasteiger partial charge in [0.05, 0.1) is 5.69 Å². The minimum atomic E-state index is 0.856. The maximum absolute atomic E-state index is 4.62. The molecule has 3 heteroatoms. The van der Waals surface area contributed by atoms with Crippen LogP contribution in [0.4, 0.5) is 0 Å². The number of nitrogens with zero attached hydrogens (tertiary/aromatic N) is 2. The van der Waals surface area contributed by atoms with E-state index in [4.69, 9.17) is 0 Å². The fourth-order valence-electron chi connectivity index (χ4n) is 1.85. The average Bonchev–Trinajstić information content (AvgIpc) is 2.32. The molecular formula is C15H17BrN2. The summed E-state index contributed by atoms with van der Waals surface area (Å²) in [5, 5.41) is 0. The van der Waals surface area contributed by atoms with Gasteiger partial charge in [0, 0.05) is 12.0 Å². The van der Waals surface area contributed by atoms with Crippen molar-refractivity contribution in [2.24, 2.45) is 0 Å². The molecule has 0 unspecified atom stereocenters. The minimum Gasteiger partial charge on any atom is -0.233 e. The average molecular weight is 305 g/mol. The van der Waals surface area contributed by atoms with E-state index in [-0.39, 0.29) is 0 Å². The van der Waals surface area contributed by atoms with E-state index in [0.717, 1.165) is 34.5 Å². The Hall–Kier alpha value is -1.22. The van der Waals surface area contributed by atoms with Crippen molar-refractivity contribution in [1.82, 2.24) is 9.97 Å². The Balaban J connectivity index is 2.46. The van der Waals surface area contributed by atoms with Gasteiger partial charge in [-0.05, 0) is 59.5 Å². The van der Waals surface area contributed by atoms with Crippen molar-refractivity contribution in [3.63, 3.8) is 0 Å². The van der Waals surface area contributed by atoms with Gasteiger partial charge < -0.3 is 0 Å². The van der Waals surface area contributed by atoms with Gasteiger partial charge in [0.1, 0.15) is 10.4 Å². The highest BCUT2D eigenvalue weighted by Crippen LogP contribution is 2.23. The van der Waals surface area contributed by atoms with Crippen molar-refractivity contribution in [1.29, 1.82) is 0 Å². The topological polar surface area (TPSA) is 25.8 Å². The molecule has 0 fully saturated rings. The lowest BCUT2D eigenvalue weighted by Gasteiger charge is -2.07. The molecule has 0 atom stereocenters. The Bertz CT molecular complexity index is 564. The third kappa shape index (κ3) is 2.96. The lowest BCUT2D eigenvalue weighted by atomic mass is 10.0. The van der Waals surface area contributed by atoms with E-state index >= 15 is 0 Å². The van der Waals surface area contributed by atoms with Crippen molar-refractivity contribution in [2.45, 2.75) is 33.6 Å². The minimum absolute atomic E-state index is 0.856. The summed E-state index contributed by atoms with van der Waals surface area (Å²) in [6.07, 6.45) is 1.97. The summed E-state index contributed by atoms with van der Waals surface area (Å²) in [5.41, 5.74) is 4.74. The van der Waals surface area contributed by atoms with Crippen LogP contribution in [-0.4, -0.2) is 9.97 Å². The van der Waals surface area contributed by atoms with Gasteiger partial charge in [-0.15, -0.1) is 0 Å². The zero-order valence-electron chi connectivity index (χ0n) is 11.0. The normalized spacial score (nSPS) is 10.7. The first-order valence-corrected chi connectivity index (χ1v) is 7.00. The number of hydrogen-bond donors (Lipinski definition) is 0. The van der Waals surface area contributed by atoms with Crippen LogP contribution in [0.15, 0.2) is 28.9 Å². The fraction of sp³-hybridized carbons (Fsp3) is 0.333. The van der Waals surface area contributed by atoms with Gasteiger partial charge in [-0.3, -0.25) is 0 Å². The van der Waals surface area contributed by atoms with Gasteiger partial charge in [0.25, 0.3) is 0 Å². The summed E-state index contributed by atoms with van der Waals surface area (Å²) in [6.45, 7) is 6.39. The maximum Gasteiger partial charge on any atom is 0.130 e. The molecule has 0 radical (unpaired) electrons. The van der Waals surface area contributed by atoms with Crippen molar-refractivity contribution < 1.29 is 0 Å². The second kappa shape index (κ2) is 5.61. The van der Waals surface area contributed by atoms with Crippen LogP contribution in [0.2, 0.25) is 0 Å². The number of hydrogen-bond acceptors (Lipinski definition) is 2. The molecular weight excluding hydrogens is 288 g/mol. The third-order valence-corrected chi connectivity index (χ3v) is 3.42. The zero-order chi connectivity index (χ0) is 13.1. The summed E-state index contributed by atoms with van der Waals surface area (Å²) in [5.74, 6) is 0.903. The van der Waals surface area contributed by atoms with E-state index in [1.807, 2.05) is 6.07 Å². The monoisotopic (exact) mass is 304 g/mol. The molecule has 0 bridgehead atoms. The summed E-state index contributed by atoms with van der Waals surface area (Å²) in [4.78, 5) is 9.02. The lowest BCUT2D eigenvalue weighted by molar-refractivity contribution is 0.831. The van der Waals surface area contributed by atoms with E-state index in [1.165, 1.54) is 11.1 Å². The second-order valence-electron chi connectivity index (χ2n) is 4.54. The Kier molecular flexibility index (Phi) is 4.12. The largest absolute Gasteiger partial charge is 0.233 e. The smallest absolute Gasteiger partial charge is 0.130 e. The van der Waals surface area contributed by atoms with Gasteiger partial charge >= 0.3 is 0 Å². The molecule has 0 spiro atoms. The van der Waals surface area contributed by atoms with E-state index < -0.39 is 0 Å². The van der Waals surface area contributed by atoms with E-state index in [0.29, 0.717) is 0 Å². The van der Waals surface area contributed by atoms with Gasteiger partial charge in [0.2, 0.25) is 0 Å². The predicted molar refractivity (Wildman–Crippen MR) is 78.6 cm³/mol. The summed E-state index contributed by atoms with van der Waals surface area (Å²) in [7, 11) is 0. The fourth-order valence-corrected chi connectivity index (χ4v) is 2.27. The molecule has 0 amide bonds. The summed E-state index contributed by atoms with van der Waals surface area (Å²) < 4.78 is 0.856. The molecule has 0 aliphatic rings. The first-order valence-electron chi connectivity index (χ1n) is 6.21. The van der Waals surface area contributed by atoms with E-state index in [1.54, 1.807) is 0 Å². The molecule has 1 heterocycles. The summed E-state index contributed by atoms with van der Waals surface area (Å²) in [6, 6.07) is 8.41. The van der Waals surface area contributed by atoms with Crippen LogP contribution in [0.5, 0.6) is 0 Å². The van der Waals surface area contributed by atoms with Crippen molar-refractivity contribution in [3.05, 3.63) is 45.8 Å². The van der Waals surface area contributed by atoms with E-state index in [9.17, 15) is 0 Å². The molecule has 0 aliphatic carbocycles. The second-order valence-corrected chi connectivity index (χ2v) is 5.35. The molecule has 1 aromatic carbocycles. The molecule has 2 nitrogen and oxygen atoms in total. The molecule has 1 aromatic heterocycles. The molecule has 0 saturated carbocycles. The molecule has 18 heavy (non-hydrogen) atoms. The SMILES string of the molecule is CCCc1nc(Br)cc(-c2ccc(C)c(C)c2)n1. The summed E-state index contributed by atoms with van der Waals surface area (Å²) >= 11 is 3.46. The Morgan fingerprint density at radius 1 is 1.06 bits per heavy atom. The quantitative estimate of drug-likeness (QED) is 0.782. The number of halogens is 1. The molecule has 2 aromatic rings. The van der Waals surface area contributed by atoms with Crippen LogP contribution < -0.4 is 0 Å². The zero-order valence-corrected chi connectivity index (χ0v) is 12.6. The van der Waals surface area contributed by atoms with Gasteiger partial charge in [-0.1, -0.05) is 19.1 Å². The highest BCUT2D eigenvalue weighted by molar-refractivity contribution is 9.10. The van der Waals surface area contributed by atoms with Gasteiger partial charge in [-0.25, -0.2) is 9.97 Å². The molecule has 0 aliphatic heterocycles. The molecule has 94 valence electrons. The number of rotatable bonds is 3. The first-order chi connectivity index (χ1) is 8.60. The van der Waals surface area contributed by atoms with Crippen LogP contribution in [0.1, 0.15) is 30.3 Å². The van der Waals surface area contributed by atoms with Crippen LogP contribution >= 0.6 is 15.9 Å². The van der Waals surface area contributed by atoms with Crippen LogP contribution in [0, 0.1) is 13.8 Å². The Morgan fingerprint density at radius 2 is 1.83 bits per heavy atom. The molecule has 2 rings (SSSR count). The number of benzene rings is 1. The maximum atomic E-state index is 4.62. The van der Waals surface area contributed by atoms with Crippen LogP contribution in [-0.2, 0) is 6.42 Å². The van der Waals surface area contributed by atoms with Crippen LogP contribution in [0.25, 0.3) is 11.3 Å². The van der Waals surface area contributed by atoms with Crippen LogP contribution in [0.3, 0.4) is 0 Å². The van der Waals surface area contributed by atoms with Crippen molar-refractivity contribution in [3.8, 4) is 11.3 Å². The predicted octanol–water partition coefficient (Wildman–Crippen LogP) is 4.48. The van der Waals surface area contributed by atoms with Gasteiger partial charge in [0.15, 0.2) is 0 Å². The lowest BCUT2D eigenvalue weighted by Crippen LogP contribution is -1.97. The molecule has 0 saturated heterocycles.